The van der Waals surface area contributed by atoms with Crippen molar-refractivity contribution in [1.29, 1.82) is 0 Å². The smallest absolute Gasteiger partial charge is 0.408 e. The molecule has 0 fully saturated rings. The standard InChI is InChI=1S/C22H22N4O4/c1-4-25-12-16(19(27)15-10-9-13(2)23-20(15)25)21(28)24-14(3)11-26-17-7-5-6-8-18(17)30-22(26)29/h5-10,12,14H,4,11H2,1-3H3,(H,24,28)/t14-/m0/s1. The summed E-state index contributed by atoms with van der Waals surface area (Å²) in [6, 6.07) is 10.2. The molecule has 3 heterocycles. The van der Waals surface area contributed by atoms with Gasteiger partial charge < -0.3 is 14.3 Å². The Morgan fingerprint density at radius 2 is 1.97 bits per heavy atom. The maximum atomic E-state index is 12.9. The minimum atomic E-state index is -0.488. The monoisotopic (exact) mass is 406 g/mol. The molecular weight excluding hydrogens is 384 g/mol. The Kier molecular flexibility index (Phi) is 4.99. The molecule has 0 aliphatic rings. The lowest BCUT2D eigenvalue weighted by Crippen LogP contribution is -2.39. The van der Waals surface area contributed by atoms with Crippen LogP contribution in [0, 0.1) is 6.92 Å². The fourth-order valence-electron chi connectivity index (χ4n) is 3.57. The molecule has 0 spiro atoms. The molecule has 0 saturated carbocycles. The first kappa shape index (κ1) is 19.6. The molecule has 8 nitrogen and oxygen atoms in total. The van der Waals surface area contributed by atoms with Crippen LogP contribution in [0.4, 0.5) is 0 Å². The quantitative estimate of drug-likeness (QED) is 0.549. The number of rotatable bonds is 5. The number of pyridine rings is 2. The molecular formula is C22H22N4O4. The number of nitrogens with one attached hydrogen (secondary N) is 1. The van der Waals surface area contributed by atoms with Gasteiger partial charge in [-0.1, -0.05) is 12.1 Å². The van der Waals surface area contributed by atoms with Crippen LogP contribution in [0.25, 0.3) is 22.1 Å². The van der Waals surface area contributed by atoms with Gasteiger partial charge in [0, 0.05) is 31.0 Å². The summed E-state index contributed by atoms with van der Waals surface area (Å²) in [6.07, 6.45) is 1.54. The number of benzene rings is 1. The van der Waals surface area contributed by atoms with Crippen molar-refractivity contribution in [3.8, 4) is 0 Å². The Labute approximate surface area is 171 Å². The number of fused-ring (bicyclic) bond motifs is 2. The predicted molar refractivity (Wildman–Crippen MR) is 114 cm³/mol. The number of hydrogen-bond acceptors (Lipinski definition) is 5. The maximum Gasteiger partial charge on any atom is 0.420 e. The number of amides is 1. The molecule has 4 rings (SSSR count). The van der Waals surface area contributed by atoms with Crippen LogP contribution in [0.5, 0.6) is 0 Å². The van der Waals surface area contributed by atoms with Gasteiger partial charge in [-0.15, -0.1) is 0 Å². The first-order valence-electron chi connectivity index (χ1n) is 9.79. The molecule has 8 heteroatoms. The van der Waals surface area contributed by atoms with Crippen LogP contribution >= 0.6 is 0 Å². The Morgan fingerprint density at radius 1 is 1.20 bits per heavy atom. The third-order valence-corrected chi connectivity index (χ3v) is 5.05. The highest BCUT2D eigenvalue weighted by Crippen LogP contribution is 2.13. The molecule has 0 aliphatic carbocycles. The minimum Gasteiger partial charge on any atom is -0.408 e. The van der Waals surface area contributed by atoms with Gasteiger partial charge in [-0.2, -0.15) is 0 Å². The maximum absolute atomic E-state index is 12.9. The molecule has 4 aromatic rings. The van der Waals surface area contributed by atoms with Gasteiger partial charge >= 0.3 is 5.76 Å². The van der Waals surface area contributed by atoms with Crippen molar-refractivity contribution in [2.24, 2.45) is 0 Å². The number of para-hydroxylation sites is 2. The Morgan fingerprint density at radius 3 is 2.73 bits per heavy atom. The number of carbonyl (C=O) groups is 1. The van der Waals surface area contributed by atoms with Crippen LogP contribution in [-0.2, 0) is 13.1 Å². The van der Waals surface area contributed by atoms with E-state index >= 15 is 0 Å². The average Bonchev–Trinajstić information content (AvgIpc) is 3.03. The van der Waals surface area contributed by atoms with Crippen molar-refractivity contribution < 1.29 is 9.21 Å². The lowest BCUT2D eigenvalue weighted by molar-refractivity contribution is 0.0934. The van der Waals surface area contributed by atoms with E-state index < -0.39 is 17.7 Å². The van der Waals surface area contributed by atoms with Gasteiger partial charge in [-0.05, 0) is 45.0 Å². The van der Waals surface area contributed by atoms with Gasteiger partial charge in [0.05, 0.1) is 10.9 Å². The first-order valence-corrected chi connectivity index (χ1v) is 9.79. The van der Waals surface area contributed by atoms with Gasteiger partial charge in [0.2, 0.25) is 5.43 Å². The summed E-state index contributed by atoms with van der Waals surface area (Å²) in [4.78, 5) is 42.4. The van der Waals surface area contributed by atoms with Crippen LogP contribution in [0.1, 0.15) is 29.9 Å². The first-order chi connectivity index (χ1) is 14.4. The normalized spacial score (nSPS) is 12.4. The van der Waals surface area contributed by atoms with E-state index in [1.807, 2.05) is 19.9 Å². The second kappa shape index (κ2) is 7.62. The van der Waals surface area contributed by atoms with E-state index in [0.717, 1.165) is 5.69 Å². The van der Waals surface area contributed by atoms with E-state index in [1.165, 1.54) is 4.57 Å². The highest BCUT2D eigenvalue weighted by molar-refractivity contribution is 5.97. The van der Waals surface area contributed by atoms with E-state index in [-0.39, 0.29) is 17.5 Å². The zero-order chi connectivity index (χ0) is 21.4. The molecule has 1 amide bonds. The average molecular weight is 406 g/mol. The van der Waals surface area contributed by atoms with E-state index in [9.17, 15) is 14.4 Å². The third kappa shape index (κ3) is 3.41. The molecule has 1 N–H and O–H groups in total. The fraction of sp³-hybridized carbons (Fsp3) is 0.273. The molecule has 30 heavy (non-hydrogen) atoms. The van der Waals surface area contributed by atoms with Gasteiger partial charge in [0.15, 0.2) is 5.58 Å². The summed E-state index contributed by atoms with van der Waals surface area (Å²) >= 11 is 0. The fourth-order valence-corrected chi connectivity index (χ4v) is 3.57. The van der Waals surface area contributed by atoms with Crippen molar-refractivity contribution in [2.75, 3.05) is 0 Å². The van der Waals surface area contributed by atoms with Crippen molar-refractivity contribution in [2.45, 2.75) is 39.9 Å². The van der Waals surface area contributed by atoms with Crippen molar-refractivity contribution in [1.82, 2.24) is 19.4 Å². The van der Waals surface area contributed by atoms with E-state index in [4.69, 9.17) is 4.42 Å². The molecule has 0 bridgehead atoms. The van der Waals surface area contributed by atoms with Gasteiger partial charge in [0.1, 0.15) is 11.2 Å². The molecule has 0 radical (unpaired) electrons. The molecule has 154 valence electrons. The van der Waals surface area contributed by atoms with E-state index in [1.54, 1.807) is 48.0 Å². The number of nitrogens with zero attached hydrogens (tertiary/aromatic N) is 3. The third-order valence-electron chi connectivity index (χ3n) is 5.05. The molecule has 1 atom stereocenters. The Hall–Kier alpha value is -3.68. The lowest BCUT2D eigenvalue weighted by atomic mass is 10.1. The summed E-state index contributed by atoms with van der Waals surface area (Å²) in [5, 5.41) is 3.22. The van der Waals surface area contributed by atoms with E-state index in [2.05, 4.69) is 10.3 Å². The van der Waals surface area contributed by atoms with Crippen LogP contribution in [0.3, 0.4) is 0 Å². The largest absolute Gasteiger partial charge is 0.420 e. The predicted octanol–water partition coefficient (Wildman–Crippen LogP) is 2.45. The van der Waals surface area contributed by atoms with Crippen LogP contribution in [0.15, 0.2) is 56.6 Å². The summed E-state index contributed by atoms with van der Waals surface area (Å²) in [7, 11) is 0. The summed E-state index contributed by atoms with van der Waals surface area (Å²) in [5.74, 6) is -0.976. The summed E-state index contributed by atoms with van der Waals surface area (Å²) in [6.45, 7) is 6.34. The number of hydrogen-bond donors (Lipinski definition) is 1. The van der Waals surface area contributed by atoms with Gasteiger partial charge in [-0.3, -0.25) is 14.2 Å². The highest BCUT2D eigenvalue weighted by Gasteiger charge is 2.19. The summed E-state index contributed by atoms with van der Waals surface area (Å²) in [5.41, 5.74) is 2.19. The summed E-state index contributed by atoms with van der Waals surface area (Å²) < 4.78 is 8.49. The molecule has 0 saturated heterocycles. The number of aromatic nitrogens is 3. The van der Waals surface area contributed by atoms with Gasteiger partial charge in [-0.25, -0.2) is 9.78 Å². The number of carbonyl (C=O) groups excluding carboxylic acids is 1. The lowest BCUT2D eigenvalue weighted by Gasteiger charge is -2.16. The molecule has 3 aromatic heterocycles. The number of aryl methyl sites for hydroxylation is 2. The van der Waals surface area contributed by atoms with Crippen molar-refractivity contribution in [3.05, 3.63) is 74.6 Å². The SMILES string of the molecule is CCn1cc(C(=O)N[C@@H](C)Cn2c(=O)oc3ccccc32)c(=O)c2ccc(C)nc21. The Bertz CT molecular complexity index is 1380. The van der Waals surface area contributed by atoms with Crippen LogP contribution in [0.2, 0.25) is 0 Å². The minimum absolute atomic E-state index is 0.0475. The van der Waals surface area contributed by atoms with Crippen molar-refractivity contribution in [3.63, 3.8) is 0 Å². The van der Waals surface area contributed by atoms with Gasteiger partial charge in [0.25, 0.3) is 5.91 Å². The zero-order valence-corrected chi connectivity index (χ0v) is 17.0. The van der Waals surface area contributed by atoms with E-state index in [0.29, 0.717) is 28.7 Å². The molecule has 0 aliphatic heterocycles. The second-order valence-electron chi connectivity index (χ2n) is 7.30. The van der Waals surface area contributed by atoms with Crippen LogP contribution in [-0.4, -0.2) is 26.1 Å². The Balaban J connectivity index is 1.63. The highest BCUT2D eigenvalue weighted by atomic mass is 16.4. The second-order valence-corrected chi connectivity index (χ2v) is 7.30. The topological polar surface area (TPSA) is 99.1 Å². The van der Waals surface area contributed by atoms with Crippen molar-refractivity contribution >= 4 is 28.0 Å². The number of oxazole rings is 1. The van der Waals surface area contributed by atoms with Crippen LogP contribution < -0.4 is 16.5 Å². The molecule has 0 unspecified atom stereocenters. The molecule has 1 aromatic carbocycles. The zero-order valence-electron chi connectivity index (χ0n) is 17.0.